The number of piperazine rings is 1. The van der Waals surface area contributed by atoms with E-state index < -0.39 is 5.41 Å². The number of hydrogen-bond donors (Lipinski definition) is 0. The predicted molar refractivity (Wildman–Crippen MR) is 96.9 cm³/mol. The lowest BCUT2D eigenvalue weighted by Gasteiger charge is -2.36. The quantitative estimate of drug-likeness (QED) is 0.830. The maximum atomic E-state index is 13.1. The van der Waals surface area contributed by atoms with Gasteiger partial charge in [0.25, 0.3) is 5.91 Å². The van der Waals surface area contributed by atoms with Crippen molar-refractivity contribution in [1.82, 2.24) is 19.8 Å². The summed E-state index contributed by atoms with van der Waals surface area (Å²) in [6.45, 7) is 2.08. The zero-order chi connectivity index (χ0) is 18.1. The van der Waals surface area contributed by atoms with Gasteiger partial charge in [-0.25, -0.2) is 4.98 Å². The van der Waals surface area contributed by atoms with Crippen LogP contribution in [0.3, 0.4) is 0 Å². The second-order valence-electron chi connectivity index (χ2n) is 6.77. The van der Waals surface area contributed by atoms with Crippen molar-refractivity contribution in [2.75, 3.05) is 26.2 Å². The molecule has 1 aliphatic carbocycles. The molecule has 0 unspecified atom stereocenters. The molecule has 134 valence electrons. The van der Waals surface area contributed by atoms with Crippen LogP contribution in [0.15, 0.2) is 42.9 Å². The second-order valence-corrected chi connectivity index (χ2v) is 7.20. The molecule has 1 saturated heterocycles. The van der Waals surface area contributed by atoms with Crippen molar-refractivity contribution in [3.8, 4) is 0 Å². The van der Waals surface area contributed by atoms with Gasteiger partial charge in [0, 0.05) is 43.6 Å². The molecule has 0 spiro atoms. The summed E-state index contributed by atoms with van der Waals surface area (Å²) in [7, 11) is 0. The van der Waals surface area contributed by atoms with E-state index in [-0.39, 0.29) is 11.8 Å². The highest BCUT2D eigenvalue weighted by Crippen LogP contribution is 2.50. The minimum atomic E-state index is -0.429. The molecule has 1 aromatic carbocycles. The van der Waals surface area contributed by atoms with Crippen LogP contribution in [0.5, 0.6) is 0 Å². The highest BCUT2D eigenvalue weighted by Gasteiger charge is 2.53. The van der Waals surface area contributed by atoms with Crippen LogP contribution in [-0.2, 0) is 10.2 Å². The van der Waals surface area contributed by atoms with Crippen molar-refractivity contribution < 1.29 is 9.59 Å². The molecule has 6 nitrogen and oxygen atoms in total. The molecule has 2 aromatic rings. The van der Waals surface area contributed by atoms with E-state index in [9.17, 15) is 9.59 Å². The van der Waals surface area contributed by atoms with Crippen LogP contribution in [0.4, 0.5) is 0 Å². The Morgan fingerprint density at radius 3 is 2.38 bits per heavy atom. The molecule has 4 rings (SSSR count). The topological polar surface area (TPSA) is 66.4 Å². The Morgan fingerprint density at radius 2 is 1.77 bits per heavy atom. The predicted octanol–water partition coefficient (Wildman–Crippen LogP) is 2.15. The number of benzene rings is 1. The van der Waals surface area contributed by atoms with Crippen LogP contribution in [0, 0.1) is 0 Å². The van der Waals surface area contributed by atoms with Crippen molar-refractivity contribution in [2.45, 2.75) is 18.3 Å². The number of halogens is 1. The Hall–Kier alpha value is -2.47. The lowest BCUT2D eigenvalue weighted by molar-refractivity contribution is -0.135. The van der Waals surface area contributed by atoms with Gasteiger partial charge in [0.2, 0.25) is 5.91 Å². The molecule has 1 aromatic heterocycles. The SMILES string of the molecule is O=C(c1cnccn1)N1CCN(C(=O)C2(c3cccc(Cl)c3)CC2)CC1. The van der Waals surface area contributed by atoms with Gasteiger partial charge in [-0.05, 0) is 30.5 Å². The minimum Gasteiger partial charge on any atom is -0.338 e. The Morgan fingerprint density at radius 1 is 1.04 bits per heavy atom. The molecule has 0 radical (unpaired) electrons. The van der Waals surface area contributed by atoms with Crippen molar-refractivity contribution in [1.29, 1.82) is 0 Å². The number of aromatic nitrogens is 2. The van der Waals surface area contributed by atoms with Crippen molar-refractivity contribution >= 4 is 23.4 Å². The summed E-state index contributed by atoms with van der Waals surface area (Å²) in [5.74, 6) is 0.00698. The highest BCUT2D eigenvalue weighted by atomic mass is 35.5. The van der Waals surface area contributed by atoms with Gasteiger partial charge in [-0.15, -0.1) is 0 Å². The lowest BCUT2D eigenvalue weighted by atomic mass is 9.94. The van der Waals surface area contributed by atoms with Crippen LogP contribution in [-0.4, -0.2) is 57.8 Å². The Kier molecular flexibility index (Phi) is 4.36. The number of amides is 2. The third-order valence-electron chi connectivity index (χ3n) is 5.17. The van der Waals surface area contributed by atoms with E-state index in [2.05, 4.69) is 9.97 Å². The van der Waals surface area contributed by atoms with Gasteiger partial charge in [-0.3, -0.25) is 14.6 Å². The van der Waals surface area contributed by atoms with Gasteiger partial charge in [0.1, 0.15) is 5.69 Å². The maximum absolute atomic E-state index is 13.1. The Bertz CT molecular complexity index is 830. The Balaban J connectivity index is 1.42. The average molecular weight is 371 g/mol. The summed E-state index contributed by atoms with van der Waals surface area (Å²) in [6, 6.07) is 7.58. The molecule has 26 heavy (non-hydrogen) atoms. The largest absolute Gasteiger partial charge is 0.338 e. The van der Waals surface area contributed by atoms with Crippen molar-refractivity contribution in [3.63, 3.8) is 0 Å². The first-order valence-corrected chi connectivity index (χ1v) is 9.09. The normalized spacial score (nSPS) is 18.5. The smallest absolute Gasteiger partial charge is 0.274 e. The summed E-state index contributed by atoms with van der Waals surface area (Å²) >= 11 is 6.10. The molecule has 0 atom stereocenters. The van der Waals surface area contributed by atoms with Crippen molar-refractivity contribution in [2.24, 2.45) is 0 Å². The summed E-state index contributed by atoms with van der Waals surface area (Å²) in [5.41, 5.74) is 0.903. The van der Waals surface area contributed by atoms with E-state index >= 15 is 0 Å². The molecule has 2 amide bonds. The molecule has 2 heterocycles. The Labute approximate surface area is 156 Å². The number of nitrogens with zero attached hydrogens (tertiary/aromatic N) is 4. The molecule has 2 aliphatic rings. The molecule has 1 aliphatic heterocycles. The van der Waals surface area contributed by atoms with Crippen molar-refractivity contribution in [3.05, 3.63) is 59.1 Å². The molecule has 0 bridgehead atoms. The molecule has 2 fully saturated rings. The lowest BCUT2D eigenvalue weighted by Crippen LogP contribution is -2.53. The minimum absolute atomic E-state index is 0.138. The number of carbonyl (C=O) groups excluding carboxylic acids is 2. The third-order valence-corrected chi connectivity index (χ3v) is 5.41. The van der Waals surface area contributed by atoms with Crippen LogP contribution in [0.25, 0.3) is 0 Å². The fourth-order valence-electron chi connectivity index (χ4n) is 3.52. The van der Waals surface area contributed by atoms with Gasteiger partial charge in [0.05, 0.1) is 11.6 Å². The molecule has 1 saturated carbocycles. The monoisotopic (exact) mass is 370 g/mol. The molecular formula is C19H19ClN4O2. The van der Waals surface area contributed by atoms with Gasteiger partial charge in [-0.2, -0.15) is 0 Å². The fraction of sp³-hybridized carbons (Fsp3) is 0.368. The zero-order valence-corrected chi connectivity index (χ0v) is 15.0. The third kappa shape index (κ3) is 3.05. The molecule has 0 N–H and O–H groups in total. The van der Waals surface area contributed by atoms with E-state index in [1.165, 1.54) is 18.6 Å². The van der Waals surface area contributed by atoms with Gasteiger partial charge in [0.15, 0.2) is 0 Å². The first-order valence-electron chi connectivity index (χ1n) is 8.71. The summed E-state index contributed by atoms with van der Waals surface area (Å²) < 4.78 is 0. The van der Waals surface area contributed by atoms with Gasteiger partial charge < -0.3 is 9.80 Å². The molecular weight excluding hydrogens is 352 g/mol. The van der Waals surface area contributed by atoms with Crippen LogP contribution in [0.2, 0.25) is 5.02 Å². The van der Waals surface area contributed by atoms with Gasteiger partial charge in [-0.1, -0.05) is 23.7 Å². The van der Waals surface area contributed by atoms with Gasteiger partial charge >= 0.3 is 0 Å². The standard InChI is InChI=1S/C19H19ClN4O2/c20-15-3-1-2-14(12-15)19(4-5-19)18(26)24-10-8-23(9-11-24)17(25)16-13-21-6-7-22-16/h1-3,6-7,12-13H,4-5,8-11H2. The first kappa shape index (κ1) is 17.0. The summed E-state index contributed by atoms with van der Waals surface area (Å²) in [4.78, 5) is 37.1. The number of rotatable bonds is 3. The molecule has 7 heteroatoms. The summed E-state index contributed by atoms with van der Waals surface area (Å²) in [5, 5.41) is 0.654. The van der Waals surface area contributed by atoms with E-state index in [0.29, 0.717) is 36.9 Å². The first-order chi connectivity index (χ1) is 12.6. The highest BCUT2D eigenvalue weighted by molar-refractivity contribution is 6.30. The maximum Gasteiger partial charge on any atom is 0.274 e. The van der Waals surface area contributed by atoms with Crippen LogP contribution >= 0.6 is 11.6 Å². The average Bonchev–Trinajstić information content (AvgIpc) is 3.50. The number of carbonyl (C=O) groups is 2. The number of hydrogen-bond acceptors (Lipinski definition) is 4. The van der Waals surface area contributed by atoms with E-state index in [1.807, 2.05) is 29.2 Å². The fourth-order valence-corrected chi connectivity index (χ4v) is 3.71. The zero-order valence-electron chi connectivity index (χ0n) is 14.3. The van der Waals surface area contributed by atoms with Crippen LogP contribution in [0.1, 0.15) is 28.9 Å². The second kappa shape index (κ2) is 6.68. The van der Waals surface area contributed by atoms with E-state index in [1.54, 1.807) is 4.90 Å². The van der Waals surface area contributed by atoms with Crippen LogP contribution < -0.4 is 0 Å². The summed E-state index contributed by atoms with van der Waals surface area (Å²) in [6.07, 6.45) is 6.22. The van der Waals surface area contributed by atoms with E-state index in [4.69, 9.17) is 11.6 Å². The van der Waals surface area contributed by atoms with E-state index in [0.717, 1.165) is 18.4 Å².